The second-order valence-electron chi connectivity index (χ2n) is 8.18. The fourth-order valence-corrected chi connectivity index (χ4v) is 6.68. The smallest absolute Gasteiger partial charge is 0.243 e. The highest BCUT2D eigenvalue weighted by Gasteiger charge is 2.61. The first-order valence-electron chi connectivity index (χ1n) is 9.74. The Morgan fingerprint density at radius 3 is 2.34 bits per heavy atom. The maximum absolute atomic E-state index is 13.0. The van der Waals surface area contributed by atoms with Crippen molar-refractivity contribution in [2.24, 2.45) is 11.8 Å². The molecule has 0 N–H and O–H groups in total. The van der Waals surface area contributed by atoms with Gasteiger partial charge in [0.25, 0.3) is 0 Å². The van der Waals surface area contributed by atoms with Gasteiger partial charge in [-0.25, -0.2) is 8.42 Å². The van der Waals surface area contributed by atoms with Crippen LogP contribution in [0.15, 0.2) is 29.2 Å². The lowest BCUT2D eigenvalue weighted by molar-refractivity contribution is -0.135. The summed E-state index contributed by atoms with van der Waals surface area (Å²) in [6.45, 7) is 3.18. The average molecular weight is 417 g/mol. The van der Waals surface area contributed by atoms with E-state index in [2.05, 4.69) is 0 Å². The molecular weight excluding hydrogens is 392 g/mol. The van der Waals surface area contributed by atoms with Crippen LogP contribution in [0.5, 0.6) is 0 Å². The minimum Gasteiger partial charge on any atom is -0.342 e. The molecule has 2 atom stereocenters. The molecule has 0 saturated carbocycles. The number of carbonyl (C=O) groups is 2. The highest BCUT2D eigenvalue weighted by Crippen LogP contribution is 2.49. The molecule has 3 saturated heterocycles. The van der Waals surface area contributed by atoms with Gasteiger partial charge in [0.2, 0.25) is 21.8 Å². The number of carbonyl (C=O) groups excluding carboxylic acids is 2. The van der Waals surface area contributed by atoms with E-state index in [0.717, 1.165) is 0 Å². The number of benzene rings is 1. The van der Waals surface area contributed by atoms with Gasteiger partial charge in [-0.15, -0.1) is 0 Å². The zero-order chi connectivity index (χ0) is 21.0. The quantitative estimate of drug-likeness (QED) is 0.704. The van der Waals surface area contributed by atoms with Crippen molar-refractivity contribution < 1.29 is 18.0 Å². The molecule has 3 aliphatic rings. The summed E-state index contributed by atoms with van der Waals surface area (Å²) in [6, 6.07) is 7.91. The number of rotatable bonds is 2. The Hall–Kier alpha value is -2.44. The minimum atomic E-state index is -3.65. The van der Waals surface area contributed by atoms with E-state index in [1.165, 1.54) is 35.5 Å². The molecule has 3 aliphatic heterocycles. The average Bonchev–Trinajstić information content (AvgIpc) is 3.25. The fraction of sp³-hybridized carbons (Fsp3) is 0.550. The van der Waals surface area contributed by atoms with E-state index in [-0.39, 0.29) is 28.5 Å². The van der Waals surface area contributed by atoms with Crippen LogP contribution in [0.25, 0.3) is 0 Å². The topological polar surface area (TPSA) is 102 Å². The molecule has 9 heteroatoms. The van der Waals surface area contributed by atoms with Gasteiger partial charge in [-0.3, -0.25) is 9.59 Å². The third-order valence-corrected chi connectivity index (χ3v) is 8.89. The van der Waals surface area contributed by atoms with Gasteiger partial charge in [-0.05, 0) is 37.1 Å². The van der Waals surface area contributed by atoms with E-state index in [0.29, 0.717) is 44.6 Å². The highest BCUT2D eigenvalue weighted by atomic mass is 32.2. The van der Waals surface area contributed by atoms with Crippen molar-refractivity contribution in [3.8, 4) is 6.07 Å². The van der Waals surface area contributed by atoms with E-state index < -0.39 is 15.6 Å². The zero-order valence-corrected chi connectivity index (χ0v) is 17.4. The highest BCUT2D eigenvalue weighted by molar-refractivity contribution is 7.89. The van der Waals surface area contributed by atoms with Gasteiger partial charge in [0, 0.05) is 46.1 Å². The van der Waals surface area contributed by atoms with Gasteiger partial charge in [-0.2, -0.15) is 9.57 Å². The molecular formula is C20H24N4O4S. The largest absolute Gasteiger partial charge is 0.342 e. The predicted octanol–water partition coefficient (Wildman–Crippen LogP) is 0.648. The lowest BCUT2D eigenvalue weighted by atomic mass is 9.75. The Bertz CT molecular complexity index is 990. The molecule has 1 aromatic carbocycles. The normalized spacial score (nSPS) is 26.6. The van der Waals surface area contributed by atoms with E-state index in [9.17, 15) is 18.0 Å². The lowest BCUT2D eigenvalue weighted by Crippen LogP contribution is -2.56. The summed E-state index contributed by atoms with van der Waals surface area (Å²) in [6.07, 6.45) is 1.11. The molecule has 8 nitrogen and oxygen atoms in total. The number of hydrogen-bond acceptors (Lipinski definition) is 5. The molecule has 0 unspecified atom stereocenters. The number of nitriles is 1. The Balaban J connectivity index is 1.54. The number of sulfonamides is 1. The van der Waals surface area contributed by atoms with Gasteiger partial charge in [0.15, 0.2) is 0 Å². The van der Waals surface area contributed by atoms with Crippen molar-refractivity contribution in [2.45, 2.75) is 30.2 Å². The maximum atomic E-state index is 13.0. The number of hydrogen-bond donors (Lipinski definition) is 0. The van der Waals surface area contributed by atoms with Crippen LogP contribution < -0.4 is 0 Å². The Morgan fingerprint density at radius 1 is 1.17 bits per heavy atom. The van der Waals surface area contributed by atoms with Crippen molar-refractivity contribution in [3.63, 3.8) is 0 Å². The van der Waals surface area contributed by atoms with Crippen LogP contribution >= 0.6 is 0 Å². The van der Waals surface area contributed by atoms with Crippen LogP contribution in [0.2, 0.25) is 0 Å². The Morgan fingerprint density at radius 2 is 1.79 bits per heavy atom. The molecule has 3 fully saturated rings. The van der Waals surface area contributed by atoms with E-state index in [1.807, 2.05) is 18.0 Å². The first-order chi connectivity index (χ1) is 13.7. The van der Waals surface area contributed by atoms with Crippen LogP contribution in [0.1, 0.15) is 25.3 Å². The fourth-order valence-electron chi connectivity index (χ4n) is 5.24. The zero-order valence-electron chi connectivity index (χ0n) is 16.5. The van der Waals surface area contributed by atoms with E-state index in [1.54, 1.807) is 4.90 Å². The Labute approximate surface area is 170 Å². The van der Waals surface area contributed by atoms with Gasteiger partial charge >= 0.3 is 0 Å². The maximum Gasteiger partial charge on any atom is 0.243 e. The summed E-state index contributed by atoms with van der Waals surface area (Å²) in [5.74, 6) is -0.109. The molecule has 1 spiro atoms. The van der Waals surface area contributed by atoms with Crippen LogP contribution in [-0.4, -0.2) is 73.1 Å². The van der Waals surface area contributed by atoms with Gasteiger partial charge in [0.1, 0.15) is 0 Å². The molecule has 0 bridgehead atoms. The van der Waals surface area contributed by atoms with Crippen LogP contribution in [-0.2, 0) is 19.6 Å². The summed E-state index contributed by atoms with van der Waals surface area (Å²) < 4.78 is 27.5. The lowest BCUT2D eigenvalue weighted by Gasteiger charge is -2.46. The third-order valence-electron chi connectivity index (χ3n) is 6.98. The summed E-state index contributed by atoms with van der Waals surface area (Å²) in [4.78, 5) is 28.4. The first-order valence-corrected chi connectivity index (χ1v) is 11.2. The van der Waals surface area contributed by atoms with Crippen molar-refractivity contribution >= 4 is 21.8 Å². The SMILES string of the molecule is CC(=O)N1C[C@H]2C(=O)N(C)C3(CCN(S(=O)(=O)c4ccc(C#N)cc4)CC3)[C@H]2C1. The number of piperidine rings is 1. The third kappa shape index (κ3) is 2.93. The number of likely N-dealkylation sites (tertiary alicyclic amines) is 2. The van der Waals surface area contributed by atoms with Crippen LogP contribution in [0.4, 0.5) is 0 Å². The Kier molecular flexibility index (Phi) is 4.67. The molecule has 0 aromatic heterocycles. The number of nitrogens with zero attached hydrogens (tertiary/aromatic N) is 4. The van der Waals surface area contributed by atoms with E-state index >= 15 is 0 Å². The van der Waals surface area contributed by atoms with Crippen LogP contribution in [0.3, 0.4) is 0 Å². The molecule has 154 valence electrons. The second kappa shape index (κ2) is 6.82. The van der Waals surface area contributed by atoms with Gasteiger partial charge in [0.05, 0.1) is 28.0 Å². The molecule has 2 amide bonds. The number of fused-ring (bicyclic) bond motifs is 2. The minimum absolute atomic E-state index is 0.0224. The van der Waals surface area contributed by atoms with Crippen molar-refractivity contribution in [2.75, 3.05) is 33.2 Å². The van der Waals surface area contributed by atoms with Crippen molar-refractivity contribution in [1.29, 1.82) is 5.26 Å². The predicted molar refractivity (Wildman–Crippen MR) is 104 cm³/mol. The first kappa shape index (κ1) is 19.9. The van der Waals surface area contributed by atoms with Gasteiger partial charge < -0.3 is 9.80 Å². The summed E-state index contributed by atoms with van der Waals surface area (Å²) in [5, 5.41) is 8.91. The summed E-state index contributed by atoms with van der Waals surface area (Å²) in [7, 11) is -1.85. The molecule has 0 aliphatic carbocycles. The standard InChI is InChI=1S/C20H24N4O4S/c1-14(25)23-12-17-18(13-23)20(22(2)19(17)26)7-9-24(10-8-20)29(27,28)16-5-3-15(11-21)4-6-16/h3-6,17-18H,7-10,12-13H2,1-2H3/t17-,18+/m1/s1. The molecule has 3 heterocycles. The van der Waals surface area contributed by atoms with E-state index in [4.69, 9.17) is 5.26 Å². The van der Waals surface area contributed by atoms with Crippen molar-refractivity contribution in [1.82, 2.24) is 14.1 Å². The number of amides is 2. The molecule has 1 aromatic rings. The van der Waals surface area contributed by atoms with Crippen LogP contribution in [0, 0.1) is 23.2 Å². The summed E-state index contributed by atoms with van der Waals surface area (Å²) >= 11 is 0. The molecule has 0 radical (unpaired) electrons. The van der Waals surface area contributed by atoms with Gasteiger partial charge in [-0.1, -0.05) is 0 Å². The second-order valence-corrected chi connectivity index (χ2v) is 10.1. The molecule has 4 rings (SSSR count). The monoisotopic (exact) mass is 416 g/mol. The molecule has 29 heavy (non-hydrogen) atoms. The summed E-state index contributed by atoms with van der Waals surface area (Å²) in [5.41, 5.74) is 0.0118. The van der Waals surface area contributed by atoms with Crippen molar-refractivity contribution in [3.05, 3.63) is 29.8 Å².